The Labute approximate surface area is 184 Å². The first kappa shape index (κ1) is 21.3. The van der Waals surface area contributed by atoms with Crippen LogP contribution >= 0.6 is 0 Å². The summed E-state index contributed by atoms with van der Waals surface area (Å²) in [4.78, 5) is 26.2. The Morgan fingerprint density at radius 1 is 1.00 bits per heavy atom. The van der Waals surface area contributed by atoms with Crippen molar-refractivity contribution in [1.82, 2.24) is 0 Å². The van der Waals surface area contributed by atoms with E-state index in [-0.39, 0.29) is 17.4 Å². The number of carbonyl (C=O) groups excluding carboxylic acids is 2. The van der Waals surface area contributed by atoms with Gasteiger partial charge in [-0.3, -0.25) is 9.59 Å². The second-order valence-corrected chi connectivity index (χ2v) is 7.46. The molecule has 0 saturated heterocycles. The second kappa shape index (κ2) is 9.06. The smallest absolute Gasteiger partial charge is 0.265 e. The van der Waals surface area contributed by atoms with Crippen LogP contribution in [0.5, 0.6) is 5.75 Å². The maximum Gasteiger partial charge on any atom is 0.265 e. The SMILES string of the molecule is CC[C@H](Oc1ccc(F)cc1)C(=O)Nc1c(C(=O)c2ccc(C)cc2)oc2ccccc12. The van der Waals surface area contributed by atoms with Crippen LogP contribution in [0.4, 0.5) is 10.1 Å². The topological polar surface area (TPSA) is 68.5 Å². The van der Waals surface area contributed by atoms with Gasteiger partial charge < -0.3 is 14.5 Å². The first-order valence-corrected chi connectivity index (χ1v) is 10.3. The number of fused-ring (bicyclic) bond motifs is 1. The molecule has 0 fully saturated rings. The van der Waals surface area contributed by atoms with Crippen molar-refractivity contribution >= 4 is 28.3 Å². The van der Waals surface area contributed by atoms with Crippen LogP contribution in [-0.2, 0) is 4.79 Å². The van der Waals surface area contributed by atoms with Crippen molar-refractivity contribution in [1.29, 1.82) is 0 Å². The number of rotatable bonds is 7. The molecule has 1 atom stereocenters. The Morgan fingerprint density at radius 3 is 2.38 bits per heavy atom. The third-order valence-electron chi connectivity index (χ3n) is 5.12. The summed E-state index contributed by atoms with van der Waals surface area (Å²) in [6.45, 7) is 3.74. The highest BCUT2D eigenvalue weighted by molar-refractivity contribution is 6.17. The van der Waals surface area contributed by atoms with Crippen molar-refractivity contribution in [2.45, 2.75) is 26.4 Å². The summed E-state index contributed by atoms with van der Waals surface area (Å²) in [5, 5.41) is 3.44. The van der Waals surface area contributed by atoms with Gasteiger partial charge in [-0.25, -0.2) is 4.39 Å². The molecule has 162 valence electrons. The quantitative estimate of drug-likeness (QED) is 0.370. The Morgan fingerprint density at radius 2 is 1.69 bits per heavy atom. The monoisotopic (exact) mass is 431 g/mol. The molecule has 0 spiro atoms. The summed E-state index contributed by atoms with van der Waals surface area (Å²) < 4.78 is 24.8. The number of para-hydroxylation sites is 1. The summed E-state index contributed by atoms with van der Waals surface area (Å²) >= 11 is 0. The van der Waals surface area contributed by atoms with E-state index < -0.39 is 12.0 Å². The van der Waals surface area contributed by atoms with Crippen molar-refractivity contribution in [3.05, 3.63) is 95.5 Å². The molecule has 0 aliphatic heterocycles. The van der Waals surface area contributed by atoms with Crippen molar-refractivity contribution in [2.75, 3.05) is 5.32 Å². The third kappa shape index (κ3) is 4.39. The van der Waals surface area contributed by atoms with Gasteiger partial charge in [0.25, 0.3) is 5.91 Å². The number of benzene rings is 3. The molecule has 1 N–H and O–H groups in total. The first-order chi connectivity index (χ1) is 15.5. The molecule has 0 saturated carbocycles. The van der Waals surface area contributed by atoms with E-state index in [9.17, 15) is 14.0 Å². The zero-order valence-corrected chi connectivity index (χ0v) is 17.7. The van der Waals surface area contributed by atoms with Gasteiger partial charge in [-0.2, -0.15) is 0 Å². The fraction of sp³-hybridized carbons (Fsp3) is 0.154. The minimum Gasteiger partial charge on any atom is -0.481 e. The van der Waals surface area contributed by atoms with Gasteiger partial charge in [-0.15, -0.1) is 0 Å². The number of aryl methyl sites for hydroxylation is 1. The summed E-state index contributed by atoms with van der Waals surface area (Å²) in [6.07, 6.45) is -0.461. The van der Waals surface area contributed by atoms with Crippen LogP contribution < -0.4 is 10.1 Å². The van der Waals surface area contributed by atoms with Gasteiger partial charge >= 0.3 is 0 Å². The highest BCUT2D eigenvalue weighted by Crippen LogP contribution is 2.33. The minimum atomic E-state index is -0.837. The van der Waals surface area contributed by atoms with E-state index in [2.05, 4.69) is 5.32 Å². The van der Waals surface area contributed by atoms with E-state index in [4.69, 9.17) is 9.15 Å². The first-order valence-electron chi connectivity index (χ1n) is 10.3. The van der Waals surface area contributed by atoms with Crippen LogP contribution in [0.3, 0.4) is 0 Å². The number of ether oxygens (including phenoxy) is 1. The van der Waals surface area contributed by atoms with Gasteiger partial charge in [0, 0.05) is 10.9 Å². The summed E-state index contributed by atoms with van der Waals surface area (Å²) in [6, 6.07) is 19.7. The zero-order chi connectivity index (χ0) is 22.7. The number of carbonyl (C=O) groups is 2. The molecule has 0 radical (unpaired) electrons. The Bertz CT molecular complexity index is 1260. The molecule has 5 nitrogen and oxygen atoms in total. The van der Waals surface area contributed by atoms with Gasteiger partial charge in [-0.05, 0) is 49.7 Å². The fourth-order valence-corrected chi connectivity index (χ4v) is 3.37. The van der Waals surface area contributed by atoms with Crippen molar-refractivity contribution in [3.8, 4) is 5.75 Å². The summed E-state index contributed by atoms with van der Waals surface area (Å²) in [5.41, 5.74) is 2.28. The van der Waals surface area contributed by atoms with E-state index in [1.54, 1.807) is 43.3 Å². The lowest BCUT2D eigenvalue weighted by Crippen LogP contribution is -2.32. The Kier molecular flexibility index (Phi) is 6.03. The maximum absolute atomic E-state index is 13.2. The largest absolute Gasteiger partial charge is 0.481 e. The van der Waals surface area contributed by atoms with Crippen LogP contribution in [0.25, 0.3) is 11.0 Å². The predicted molar refractivity (Wildman–Crippen MR) is 121 cm³/mol. The number of hydrogen-bond donors (Lipinski definition) is 1. The molecule has 32 heavy (non-hydrogen) atoms. The number of halogens is 1. The van der Waals surface area contributed by atoms with Gasteiger partial charge in [-0.1, -0.05) is 48.9 Å². The highest BCUT2D eigenvalue weighted by atomic mass is 19.1. The normalized spacial score (nSPS) is 11.8. The van der Waals surface area contributed by atoms with Gasteiger partial charge in [0.15, 0.2) is 11.9 Å². The number of furan rings is 1. The third-order valence-corrected chi connectivity index (χ3v) is 5.12. The lowest BCUT2D eigenvalue weighted by Gasteiger charge is -2.17. The molecule has 0 aliphatic carbocycles. The Balaban J connectivity index is 1.65. The van der Waals surface area contributed by atoms with E-state index in [1.165, 1.54) is 24.3 Å². The molecular formula is C26H22FNO4. The van der Waals surface area contributed by atoms with Gasteiger partial charge in [0.05, 0.1) is 5.69 Å². The Hall–Kier alpha value is -3.93. The molecule has 1 aromatic heterocycles. The van der Waals surface area contributed by atoms with E-state index >= 15 is 0 Å². The average Bonchev–Trinajstić information content (AvgIpc) is 3.17. The lowest BCUT2D eigenvalue weighted by molar-refractivity contribution is -0.122. The summed E-state index contributed by atoms with van der Waals surface area (Å²) in [7, 11) is 0. The van der Waals surface area contributed by atoms with Crippen molar-refractivity contribution in [3.63, 3.8) is 0 Å². The zero-order valence-electron chi connectivity index (χ0n) is 17.7. The highest BCUT2D eigenvalue weighted by Gasteiger charge is 2.26. The molecule has 3 aromatic carbocycles. The number of hydrogen-bond acceptors (Lipinski definition) is 4. The predicted octanol–water partition coefficient (Wildman–Crippen LogP) is 5.91. The van der Waals surface area contributed by atoms with Crippen LogP contribution in [-0.4, -0.2) is 17.8 Å². The molecular weight excluding hydrogens is 409 g/mol. The van der Waals surface area contributed by atoms with Gasteiger partial charge in [0.1, 0.15) is 17.1 Å². The number of anilines is 1. The molecule has 6 heteroatoms. The van der Waals surface area contributed by atoms with E-state index in [1.807, 2.05) is 19.1 Å². The molecule has 1 heterocycles. The lowest BCUT2D eigenvalue weighted by atomic mass is 10.1. The number of nitrogens with one attached hydrogen (secondary N) is 1. The maximum atomic E-state index is 13.2. The van der Waals surface area contributed by atoms with E-state index in [0.29, 0.717) is 34.4 Å². The molecule has 0 unspecified atom stereocenters. The van der Waals surface area contributed by atoms with E-state index in [0.717, 1.165) is 5.56 Å². The fourth-order valence-electron chi connectivity index (χ4n) is 3.37. The van der Waals surface area contributed by atoms with Crippen molar-refractivity contribution in [2.24, 2.45) is 0 Å². The standard InChI is InChI=1S/C26H22FNO4/c1-3-21(31-19-14-12-18(27)13-15-19)26(30)28-23-20-6-4-5-7-22(20)32-25(23)24(29)17-10-8-16(2)9-11-17/h4-15,21H,3H2,1-2H3,(H,28,30)/t21-/m0/s1. The summed E-state index contributed by atoms with van der Waals surface area (Å²) in [5.74, 6) is -0.717. The van der Waals surface area contributed by atoms with Crippen LogP contribution in [0.15, 0.2) is 77.2 Å². The molecule has 4 aromatic rings. The van der Waals surface area contributed by atoms with Crippen LogP contribution in [0.1, 0.15) is 35.0 Å². The van der Waals surface area contributed by atoms with Crippen molar-refractivity contribution < 1.29 is 23.1 Å². The molecule has 4 rings (SSSR count). The second-order valence-electron chi connectivity index (χ2n) is 7.46. The molecule has 0 aliphatic rings. The molecule has 0 bridgehead atoms. The van der Waals surface area contributed by atoms with Gasteiger partial charge in [0.2, 0.25) is 5.78 Å². The van der Waals surface area contributed by atoms with Crippen LogP contribution in [0, 0.1) is 12.7 Å². The number of amides is 1. The molecule has 1 amide bonds. The minimum absolute atomic E-state index is 0.0556. The average molecular weight is 431 g/mol. The van der Waals surface area contributed by atoms with Crippen LogP contribution in [0.2, 0.25) is 0 Å². The number of ketones is 1.